The number of fused-ring (bicyclic) bond motifs is 3. The van der Waals surface area contributed by atoms with Crippen molar-refractivity contribution >= 4 is 26.8 Å². The number of aromatic nitrogens is 1. The molecule has 11 heteroatoms. The number of hydrogen-bond acceptors (Lipinski definition) is 8. The Morgan fingerprint density at radius 1 is 1.11 bits per heavy atom. The molecule has 2 aromatic rings. The van der Waals surface area contributed by atoms with E-state index in [1.165, 1.54) is 0 Å². The second-order valence-electron chi connectivity index (χ2n) is 11.2. The number of benzene rings is 1. The number of nitrogens with zero attached hydrogens (tertiary/aromatic N) is 3. The lowest BCUT2D eigenvalue weighted by Gasteiger charge is -2.40. The number of aliphatic hydroxyl groups excluding tert-OH is 1. The van der Waals surface area contributed by atoms with Crippen LogP contribution in [-0.2, 0) is 9.84 Å². The fourth-order valence-corrected chi connectivity index (χ4v) is 7.64. The van der Waals surface area contributed by atoms with Crippen LogP contribution >= 0.6 is 0 Å². The summed E-state index contributed by atoms with van der Waals surface area (Å²) in [5.74, 6) is 0.328. The molecule has 3 aliphatic rings. The van der Waals surface area contributed by atoms with E-state index in [4.69, 9.17) is 4.74 Å². The van der Waals surface area contributed by atoms with Crippen LogP contribution in [0, 0.1) is 0 Å². The van der Waals surface area contributed by atoms with E-state index in [1.54, 1.807) is 10.6 Å². The zero-order valence-electron chi connectivity index (χ0n) is 22.1. The van der Waals surface area contributed by atoms with Crippen LogP contribution in [0.15, 0.2) is 35.1 Å². The van der Waals surface area contributed by atoms with Gasteiger partial charge in [-0.25, -0.2) is 13.2 Å². The maximum absolute atomic E-state index is 13.1. The van der Waals surface area contributed by atoms with Crippen molar-refractivity contribution in [2.45, 2.75) is 69.8 Å². The molecule has 0 radical (unpaired) electrons. The number of carbonyl (C=O) groups is 1. The van der Waals surface area contributed by atoms with Crippen LogP contribution in [0.2, 0.25) is 0 Å². The first-order valence-corrected chi connectivity index (χ1v) is 15.4. The number of nitrogens with one attached hydrogen (secondary N) is 1. The number of carbonyl (C=O) groups excluding carboxylic acids is 1. The molecule has 3 fully saturated rings. The molecule has 0 spiro atoms. The number of β-amino-alcohol motifs (C(OH)–C–C–N with tert-alkyl or cyclic N) is 1. The topological polar surface area (TPSA) is 121 Å². The average Bonchev–Trinajstić information content (AvgIpc) is 3.07. The van der Waals surface area contributed by atoms with Gasteiger partial charge in [0, 0.05) is 55.7 Å². The highest BCUT2D eigenvalue weighted by Gasteiger charge is 2.42. The smallest absolute Gasteiger partial charge is 0.404 e. The van der Waals surface area contributed by atoms with Crippen molar-refractivity contribution in [3.8, 4) is 5.75 Å². The summed E-state index contributed by atoms with van der Waals surface area (Å²) in [5.41, 5.74) is 0.473. The van der Waals surface area contributed by atoms with Crippen LogP contribution in [0.5, 0.6) is 5.75 Å². The summed E-state index contributed by atoms with van der Waals surface area (Å²) in [5, 5.41) is 14.5. The van der Waals surface area contributed by atoms with Gasteiger partial charge in [-0.15, -0.1) is 0 Å². The minimum atomic E-state index is -2.94. The van der Waals surface area contributed by atoms with Crippen LogP contribution in [0.3, 0.4) is 0 Å². The third-order valence-corrected chi connectivity index (χ3v) is 9.77. The van der Waals surface area contributed by atoms with Crippen molar-refractivity contribution in [2.75, 3.05) is 37.7 Å². The molecule has 2 bridgehead atoms. The SMILES string of the molecule is CC(C)n1c(=O)c(OC(=O)NC2C[C@H]3CC[C@@H](C2)N3CC(O)CN2CCS(=O)(=O)CC2)cc2ccccc21. The van der Waals surface area contributed by atoms with Gasteiger partial charge in [-0.1, -0.05) is 18.2 Å². The number of hydrogen-bond donors (Lipinski definition) is 2. The first kappa shape index (κ1) is 27.1. The zero-order chi connectivity index (χ0) is 27.0. The largest absolute Gasteiger partial charge is 0.413 e. The molecule has 2 N–H and O–H groups in total. The molecule has 2 unspecified atom stereocenters. The van der Waals surface area contributed by atoms with E-state index in [9.17, 15) is 23.1 Å². The Labute approximate surface area is 223 Å². The molecule has 208 valence electrons. The van der Waals surface area contributed by atoms with Crippen molar-refractivity contribution in [2.24, 2.45) is 0 Å². The first-order chi connectivity index (χ1) is 18.1. The van der Waals surface area contributed by atoms with Gasteiger partial charge >= 0.3 is 6.09 Å². The number of aliphatic hydroxyl groups is 1. The molecule has 0 aliphatic carbocycles. The quantitative estimate of drug-likeness (QED) is 0.539. The van der Waals surface area contributed by atoms with E-state index < -0.39 is 22.0 Å². The molecule has 4 atom stereocenters. The van der Waals surface area contributed by atoms with Crippen molar-refractivity contribution in [1.29, 1.82) is 0 Å². The van der Waals surface area contributed by atoms with Crippen molar-refractivity contribution in [1.82, 2.24) is 19.7 Å². The number of ether oxygens (including phenoxy) is 1. The van der Waals surface area contributed by atoms with Crippen LogP contribution in [-0.4, -0.2) is 95.9 Å². The van der Waals surface area contributed by atoms with Gasteiger partial charge in [0.15, 0.2) is 15.6 Å². The number of amides is 1. The highest BCUT2D eigenvalue weighted by Crippen LogP contribution is 2.36. The molecule has 38 heavy (non-hydrogen) atoms. The van der Waals surface area contributed by atoms with Crippen LogP contribution in [0.4, 0.5) is 4.79 Å². The number of para-hydroxylation sites is 1. The molecule has 3 aliphatic heterocycles. The first-order valence-electron chi connectivity index (χ1n) is 13.6. The van der Waals surface area contributed by atoms with Crippen molar-refractivity contribution in [3.05, 3.63) is 40.7 Å². The molecule has 5 rings (SSSR count). The summed E-state index contributed by atoms with van der Waals surface area (Å²) in [4.78, 5) is 30.3. The fraction of sp³-hybridized carbons (Fsp3) is 0.630. The Kier molecular flexibility index (Phi) is 7.82. The highest BCUT2D eigenvalue weighted by molar-refractivity contribution is 7.91. The minimum Gasteiger partial charge on any atom is -0.404 e. The van der Waals surface area contributed by atoms with Gasteiger partial charge in [0.2, 0.25) is 0 Å². The maximum atomic E-state index is 13.1. The van der Waals surface area contributed by atoms with Gasteiger partial charge in [0.25, 0.3) is 5.56 Å². The Morgan fingerprint density at radius 3 is 2.42 bits per heavy atom. The van der Waals surface area contributed by atoms with Crippen LogP contribution in [0.1, 0.15) is 45.6 Å². The van der Waals surface area contributed by atoms with E-state index in [0.717, 1.165) is 36.6 Å². The maximum Gasteiger partial charge on any atom is 0.413 e. The van der Waals surface area contributed by atoms with Crippen molar-refractivity contribution in [3.63, 3.8) is 0 Å². The van der Waals surface area contributed by atoms with E-state index in [1.807, 2.05) is 43.0 Å². The van der Waals surface area contributed by atoms with Gasteiger partial charge in [-0.3, -0.25) is 14.6 Å². The standard InChI is InChI=1S/C27H38N4O6S/c1-18(2)31-24-6-4-3-5-19(24)13-25(26(31)33)37-27(34)28-20-14-21-7-8-22(15-20)30(21)17-23(32)16-29-9-11-38(35,36)12-10-29/h3-6,13,18,20-23,32H,7-12,14-17H2,1-2H3,(H,28,34)/t20?,21-,22+,23?. The third kappa shape index (κ3) is 5.90. The highest BCUT2D eigenvalue weighted by atomic mass is 32.2. The van der Waals surface area contributed by atoms with E-state index >= 15 is 0 Å². The Hall–Kier alpha value is -2.47. The summed E-state index contributed by atoms with van der Waals surface area (Å²) >= 11 is 0. The molecular weight excluding hydrogens is 508 g/mol. The lowest BCUT2D eigenvalue weighted by atomic mass is 9.97. The number of pyridine rings is 1. The summed E-state index contributed by atoms with van der Waals surface area (Å²) in [6.07, 6.45) is 2.37. The van der Waals surface area contributed by atoms with Gasteiger partial charge in [0.1, 0.15) is 0 Å². The second kappa shape index (κ2) is 11.0. The zero-order valence-corrected chi connectivity index (χ0v) is 22.9. The fourth-order valence-electron chi connectivity index (χ4n) is 6.36. The Balaban J connectivity index is 1.17. The van der Waals surface area contributed by atoms with E-state index in [0.29, 0.717) is 26.2 Å². The molecule has 3 saturated heterocycles. The average molecular weight is 547 g/mol. The predicted octanol–water partition coefficient (Wildman–Crippen LogP) is 1.76. The number of rotatable bonds is 7. The normalized spacial score (nSPS) is 26.5. The molecule has 10 nitrogen and oxygen atoms in total. The van der Waals surface area contributed by atoms with Crippen LogP contribution < -0.4 is 15.6 Å². The Morgan fingerprint density at radius 2 is 1.76 bits per heavy atom. The summed E-state index contributed by atoms with van der Waals surface area (Å²) in [6, 6.07) is 9.55. The third-order valence-electron chi connectivity index (χ3n) is 8.17. The van der Waals surface area contributed by atoms with Gasteiger partial charge in [0.05, 0.1) is 23.1 Å². The van der Waals surface area contributed by atoms with Crippen molar-refractivity contribution < 1.29 is 23.1 Å². The summed E-state index contributed by atoms with van der Waals surface area (Å²) in [7, 11) is -2.94. The van der Waals surface area contributed by atoms with E-state index in [-0.39, 0.29) is 47.0 Å². The van der Waals surface area contributed by atoms with Gasteiger partial charge < -0.3 is 19.7 Å². The lowest BCUT2D eigenvalue weighted by molar-refractivity contribution is 0.0350. The van der Waals surface area contributed by atoms with Gasteiger partial charge in [-0.2, -0.15) is 0 Å². The summed E-state index contributed by atoms with van der Waals surface area (Å²) in [6.45, 7) is 5.81. The molecule has 1 amide bonds. The van der Waals surface area contributed by atoms with Gasteiger partial charge in [-0.05, 0) is 51.7 Å². The monoisotopic (exact) mass is 546 g/mol. The molecule has 4 heterocycles. The molecular formula is C27H38N4O6S. The second-order valence-corrected chi connectivity index (χ2v) is 13.5. The Bertz CT molecular complexity index is 1310. The lowest BCUT2D eigenvalue weighted by Crippen LogP contribution is -2.54. The van der Waals surface area contributed by atoms with E-state index in [2.05, 4.69) is 10.2 Å². The summed E-state index contributed by atoms with van der Waals surface area (Å²) < 4.78 is 30.5. The molecule has 1 aromatic carbocycles. The predicted molar refractivity (Wildman–Crippen MR) is 145 cm³/mol. The molecule has 1 aromatic heterocycles. The minimum absolute atomic E-state index is 0.0175. The van der Waals surface area contributed by atoms with Crippen LogP contribution in [0.25, 0.3) is 10.9 Å². The molecule has 0 saturated carbocycles. The number of sulfone groups is 1. The number of piperidine rings is 1.